The number of nitrogens with zero attached hydrogens (tertiary/aromatic N) is 1. The number of hydrogen-bond acceptors (Lipinski definition) is 2. The van der Waals surface area contributed by atoms with Crippen LogP contribution < -0.4 is 9.88 Å². The van der Waals surface area contributed by atoms with Crippen LogP contribution in [0.2, 0.25) is 10.0 Å². The number of ketones is 1. The van der Waals surface area contributed by atoms with E-state index in [0.29, 0.717) is 26.9 Å². The number of aromatic nitrogens is 1. The summed E-state index contributed by atoms with van der Waals surface area (Å²) in [7, 11) is 0. The average molecular weight is 386 g/mol. The number of rotatable bonds is 5. The van der Waals surface area contributed by atoms with E-state index in [1.807, 2.05) is 18.2 Å². The van der Waals surface area contributed by atoms with E-state index in [-0.39, 0.29) is 18.2 Å². The Morgan fingerprint density at radius 2 is 1.38 bits per heavy atom. The Morgan fingerprint density at radius 1 is 0.808 bits per heavy atom. The maximum Gasteiger partial charge on any atom is 0.290 e. The topological polar surface area (TPSA) is 50.0 Å². The highest BCUT2D eigenvalue weighted by atomic mass is 35.5. The summed E-state index contributed by atoms with van der Waals surface area (Å²) in [6.07, 6.45) is 3.37. The first-order valence-corrected chi connectivity index (χ1v) is 8.63. The van der Waals surface area contributed by atoms with Gasteiger partial charge < -0.3 is 5.32 Å². The van der Waals surface area contributed by atoms with Crippen molar-refractivity contribution in [1.82, 2.24) is 0 Å². The standard InChI is InChI=1S/C20H14Cl2N2O2/c21-16-7-4-8-17(22)19(16)23-18(25)13-24-11-9-15(10-12-24)20(26)14-5-2-1-3-6-14/h1-12H,13H2/p+1. The summed E-state index contributed by atoms with van der Waals surface area (Å²) < 4.78 is 1.67. The monoisotopic (exact) mass is 385 g/mol. The number of para-hydroxylation sites is 1. The lowest BCUT2D eigenvalue weighted by Crippen LogP contribution is -2.39. The number of carbonyl (C=O) groups is 2. The third-order valence-corrected chi connectivity index (χ3v) is 4.37. The van der Waals surface area contributed by atoms with Gasteiger partial charge >= 0.3 is 0 Å². The summed E-state index contributed by atoms with van der Waals surface area (Å²) in [4.78, 5) is 24.6. The molecule has 0 fully saturated rings. The van der Waals surface area contributed by atoms with E-state index in [0.717, 1.165) is 0 Å². The van der Waals surface area contributed by atoms with Crippen LogP contribution >= 0.6 is 23.2 Å². The van der Waals surface area contributed by atoms with Crippen molar-refractivity contribution in [2.75, 3.05) is 5.32 Å². The van der Waals surface area contributed by atoms with Gasteiger partial charge in [-0.1, -0.05) is 59.6 Å². The van der Waals surface area contributed by atoms with Crippen molar-refractivity contribution in [3.63, 3.8) is 0 Å². The van der Waals surface area contributed by atoms with Crippen molar-refractivity contribution < 1.29 is 14.2 Å². The fourth-order valence-corrected chi connectivity index (χ4v) is 2.92. The largest absolute Gasteiger partial charge is 0.318 e. The number of hydrogen-bond donors (Lipinski definition) is 1. The van der Waals surface area contributed by atoms with Crippen LogP contribution in [0.25, 0.3) is 0 Å². The maximum atomic E-state index is 12.4. The van der Waals surface area contributed by atoms with Gasteiger partial charge in [-0.05, 0) is 12.1 Å². The Bertz CT molecular complexity index is 922. The third kappa shape index (κ3) is 4.28. The minimum absolute atomic E-state index is 0.0648. The summed E-state index contributed by atoms with van der Waals surface area (Å²) in [5.41, 5.74) is 1.57. The highest BCUT2D eigenvalue weighted by Gasteiger charge is 2.15. The van der Waals surface area contributed by atoms with Gasteiger partial charge in [0.1, 0.15) is 0 Å². The molecule has 1 heterocycles. The van der Waals surface area contributed by atoms with Crippen LogP contribution in [0.3, 0.4) is 0 Å². The van der Waals surface area contributed by atoms with Crippen molar-refractivity contribution in [3.8, 4) is 0 Å². The van der Waals surface area contributed by atoms with Gasteiger partial charge in [0, 0.05) is 23.3 Å². The van der Waals surface area contributed by atoms with E-state index in [4.69, 9.17) is 23.2 Å². The molecule has 0 atom stereocenters. The minimum atomic E-state index is -0.271. The van der Waals surface area contributed by atoms with Gasteiger partial charge in [0.2, 0.25) is 6.54 Å². The molecule has 3 aromatic rings. The first kappa shape index (κ1) is 18.1. The SMILES string of the molecule is O=C(C[n+]1ccc(C(=O)c2ccccc2)cc1)Nc1c(Cl)cccc1Cl. The summed E-state index contributed by atoms with van der Waals surface area (Å²) in [6, 6.07) is 17.4. The fraction of sp³-hybridized carbons (Fsp3) is 0.0500. The normalized spacial score (nSPS) is 10.4. The Kier molecular flexibility index (Phi) is 5.66. The molecule has 0 spiro atoms. The third-order valence-electron chi connectivity index (χ3n) is 3.74. The molecule has 4 nitrogen and oxygen atoms in total. The van der Waals surface area contributed by atoms with Crippen LogP contribution in [0.5, 0.6) is 0 Å². The number of carbonyl (C=O) groups excluding carboxylic acids is 2. The Morgan fingerprint density at radius 3 is 2.00 bits per heavy atom. The van der Waals surface area contributed by atoms with E-state index >= 15 is 0 Å². The lowest BCUT2D eigenvalue weighted by molar-refractivity contribution is -0.684. The van der Waals surface area contributed by atoms with Crippen LogP contribution in [-0.2, 0) is 11.3 Å². The molecule has 0 aliphatic rings. The molecule has 1 amide bonds. The zero-order valence-electron chi connectivity index (χ0n) is 13.7. The molecule has 0 aliphatic heterocycles. The van der Waals surface area contributed by atoms with E-state index in [1.54, 1.807) is 59.4 Å². The first-order valence-electron chi connectivity index (χ1n) is 7.87. The molecular weight excluding hydrogens is 371 g/mol. The second-order valence-electron chi connectivity index (χ2n) is 5.60. The zero-order valence-corrected chi connectivity index (χ0v) is 15.2. The number of pyridine rings is 1. The van der Waals surface area contributed by atoms with Gasteiger partial charge in [0.15, 0.2) is 18.2 Å². The van der Waals surface area contributed by atoms with E-state index in [9.17, 15) is 9.59 Å². The van der Waals surface area contributed by atoms with Crippen molar-refractivity contribution in [2.45, 2.75) is 6.54 Å². The van der Waals surface area contributed by atoms with Crippen LogP contribution in [0, 0.1) is 0 Å². The number of anilines is 1. The minimum Gasteiger partial charge on any atom is -0.318 e. The molecule has 3 rings (SSSR count). The lowest BCUT2D eigenvalue weighted by atomic mass is 10.0. The van der Waals surface area contributed by atoms with Crippen LogP contribution in [-0.4, -0.2) is 11.7 Å². The Hall–Kier alpha value is -2.69. The van der Waals surface area contributed by atoms with Crippen molar-refractivity contribution >= 4 is 40.6 Å². The number of amides is 1. The van der Waals surface area contributed by atoms with Gasteiger partial charge in [-0.25, -0.2) is 0 Å². The summed E-state index contributed by atoms with van der Waals surface area (Å²) in [6.45, 7) is 0.0708. The molecule has 26 heavy (non-hydrogen) atoms. The van der Waals surface area contributed by atoms with E-state index < -0.39 is 0 Å². The van der Waals surface area contributed by atoms with Crippen LogP contribution in [0.15, 0.2) is 73.1 Å². The zero-order chi connectivity index (χ0) is 18.5. The number of benzene rings is 2. The smallest absolute Gasteiger partial charge is 0.290 e. The second kappa shape index (κ2) is 8.13. The van der Waals surface area contributed by atoms with Crippen molar-refractivity contribution in [3.05, 3.63) is 94.2 Å². The molecular formula is C20H15Cl2N2O2+. The molecule has 0 saturated carbocycles. The number of halogens is 2. The van der Waals surface area contributed by atoms with E-state index in [1.165, 1.54) is 0 Å². The molecule has 0 saturated heterocycles. The maximum absolute atomic E-state index is 12.4. The highest BCUT2D eigenvalue weighted by Crippen LogP contribution is 2.29. The van der Waals surface area contributed by atoms with Gasteiger partial charge in [-0.2, -0.15) is 4.57 Å². The molecule has 0 radical (unpaired) electrons. The number of nitrogens with one attached hydrogen (secondary N) is 1. The van der Waals surface area contributed by atoms with Gasteiger partial charge in [0.25, 0.3) is 5.91 Å². The molecule has 2 aromatic carbocycles. The molecule has 0 unspecified atom stereocenters. The van der Waals surface area contributed by atoms with Gasteiger partial charge in [0.05, 0.1) is 15.7 Å². The quantitative estimate of drug-likeness (QED) is 0.529. The summed E-state index contributed by atoms with van der Waals surface area (Å²) >= 11 is 12.1. The fourth-order valence-electron chi connectivity index (χ4n) is 2.43. The molecule has 6 heteroatoms. The second-order valence-corrected chi connectivity index (χ2v) is 6.41. The Balaban J connectivity index is 1.68. The predicted octanol–water partition coefficient (Wildman–Crippen LogP) is 4.15. The molecule has 0 bridgehead atoms. The van der Waals surface area contributed by atoms with Crippen LogP contribution in [0.1, 0.15) is 15.9 Å². The van der Waals surface area contributed by atoms with Crippen molar-refractivity contribution in [1.29, 1.82) is 0 Å². The first-order chi connectivity index (χ1) is 12.5. The van der Waals surface area contributed by atoms with E-state index in [2.05, 4.69) is 5.32 Å². The average Bonchev–Trinajstić information content (AvgIpc) is 2.66. The van der Waals surface area contributed by atoms with Crippen LogP contribution in [0.4, 0.5) is 5.69 Å². The summed E-state index contributed by atoms with van der Waals surface area (Å²) in [5.74, 6) is -0.336. The Labute approximate surface area is 161 Å². The highest BCUT2D eigenvalue weighted by molar-refractivity contribution is 6.39. The molecule has 0 aliphatic carbocycles. The van der Waals surface area contributed by atoms with Gasteiger partial charge in [-0.15, -0.1) is 0 Å². The van der Waals surface area contributed by atoms with Gasteiger partial charge in [-0.3, -0.25) is 9.59 Å². The molecule has 1 N–H and O–H groups in total. The lowest BCUT2D eigenvalue weighted by Gasteiger charge is -2.07. The van der Waals surface area contributed by atoms with Crippen molar-refractivity contribution in [2.24, 2.45) is 0 Å². The summed E-state index contributed by atoms with van der Waals surface area (Å²) in [5, 5.41) is 3.45. The molecule has 1 aromatic heterocycles. The molecule has 130 valence electrons. The predicted molar refractivity (Wildman–Crippen MR) is 102 cm³/mol.